The van der Waals surface area contributed by atoms with E-state index in [0.29, 0.717) is 0 Å². The van der Waals surface area contributed by atoms with Crippen molar-refractivity contribution in [3.63, 3.8) is 0 Å². The van der Waals surface area contributed by atoms with Gasteiger partial charge in [-0.3, -0.25) is 0 Å². The number of hydrogen-bond donors (Lipinski definition) is 0. The average molecular weight is 361 g/mol. The molecule has 0 bridgehead atoms. The second kappa shape index (κ2) is 8.32. The first-order valence-electron chi connectivity index (χ1n) is 6.92. The molecule has 0 fully saturated rings. The Hall–Kier alpha value is -1.17. The lowest BCUT2D eigenvalue weighted by Gasteiger charge is -2.26. The van der Waals surface area contributed by atoms with Gasteiger partial charge in [-0.05, 0) is 36.8 Å². The Morgan fingerprint density at radius 3 is 1.71 bits per heavy atom. The lowest BCUT2D eigenvalue weighted by Crippen LogP contribution is -3.00. The van der Waals surface area contributed by atoms with Crippen LogP contribution in [0.25, 0.3) is 0 Å². The molecule has 0 atom stereocenters. The number of hydrogen-bond acceptors (Lipinski definition) is 0. The molecule has 0 aliphatic carbocycles. The van der Waals surface area contributed by atoms with Gasteiger partial charge < -0.3 is 17.0 Å². The Morgan fingerprint density at radius 2 is 1.38 bits per heavy atom. The molecule has 0 saturated heterocycles. The summed E-state index contributed by atoms with van der Waals surface area (Å²) in [4.78, 5) is 0. The van der Waals surface area contributed by atoms with E-state index in [-0.39, 0.29) is 17.0 Å². The first-order chi connectivity index (χ1) is 9.69. The van der Waals surface area contributed by atoms with Crippen LogP contribution in [-0.2, 0) is 0 Å². The molecule has 0 radical (unpaired) electrons. The predicted octanol–water partition coefficient (Wildman–Crippen LogP) is 1.42. The van der Waals surface area contributed by atoms with Crippen LogP contribution in [0.3, 0.4) is 0 Å². The Labute approximate surface area is 139 Å². The summed E-state index contributed by atoms with van der Waals surface area (Å²) >= 11 is 0. The van der Waals surface area contributed by atoms with Crippen molar-refractivity contribution in [1.82, 2.24) is 0 Å². The molecule has 21 heavy (non-hydrogen) atoms. The zero-order valence-corrected chi connectivity index (χ0v) is 15.0. The van der Waals surface area contributed by atoms with E-state index in [1.54, 1.807) is 0 Å². The van der Waals surface area contributed by atoms with Gasteiger partial charge in [0.15, 0.2) is 0 Å². The van der Waals surface area contributed by atoms with Crippen LogP contribution in [-0.4, -0.2) is 12.3 Å². The average Bonchev–Trinajstić information content (AvgIpc) is 2.48. The molecule has 0 nitrogen and oxygen atoms in total. The molecule has 110 valence electrons. The van der Waals surface area contributed by atoms with Gasteiger partial charge in [0.2, 0.25) is 0 Å². The van der Waals surface area contributed by atoms with Crippen molar-refractivity contribution >= 4 is 17.9 Å². The normalized spacial score (nSPS) is 10.5. The molecule has 0 unspecified atom stereocenters. The standard InChI is InChI=1S/C19H22P.BrH/c1-4-15-20(16-17(2)3,18-11-7-5-8-12-18)19-13-9-6-10-14-19;/h4-14H,1-2,15-16H2,3H3;1H/q+1;/p-1. The molecule has 0 aliphatic rings. The van der Waals surface area contributed by atoms with E-state index in [1.807, 2.05) is 0 Å². The fraction of sp³-hybridized carbons (Fsp3) is 0.158. The van der Waals surface area contributed by atoms with Gasteiger partial charge in [0.05, 0.1) is 30.2 Å². The molecule has 0 spiro atoms. The fourth-order valence-electron chi connectivity index (χ4n) is 2.71. The minimum atomic E-state index is -1.47. The highest BCUT2D eigenvalue weighted by Gasteiger charge is 2.41. The molecule has 2 rings (SSSR count). The van der Waals surface area contributed by atoms with Crippen LogP contribution < -0.4 is 27.6 Å². The highest BCUT2D eigenvalue weighted by Crippen LogP contribution is 2.57. The minimum absolute atomic E-state index is 0. The quantitative estimate of drug-likeness (QED) is 0.539. The summed E-state index contributed by atoms with van der Waals surface area (Å²) in [7, 11) is -1.47. The van der Waals surface area contributed by atoms with Gasteiger partial charge in [0, 0.05) is 0 Å². The monoisotopic (exact) mass is 360 g/mol. The van der Waals surface area contributed by atoms with E-state index >= 15 is 0 Å². The van der Waals surface area contributed by atoms with Gasteiger partial charge in [-0.2, -0.15) is 0 Å². The van der Waals surface area contributed by atoms with Crippen LogP contribution in [0, 0.1) is 0 Å². The fourth-order valence-corrected chi connectivity index (χ4v) is 6.78. The van der Waals surface area contributed by atoms with Gasteiger partial charge in [-0.15, -0.1) is 0 Å². The van der Waals surface area contributed by atoms with Gasteiger partial charge in [0.1, 0.15) is 0 Å². The largest absolute Gasteiger partial charge is 1.00 e. The summed E-state index contributed by atoms with van der Waals surface area (Å²) in [6, 6.07) is 21.7. The molecule has 0 saturated carbocycles. The molecule has 0 amide bonds. The maximum Gasteiger partial charge on any atom is 0.0998 e. The molecular formula is C19H22BrP. The zero-order chi connectivity index (χ0) is 14.4. The van der Waals surface area contributed by atoms with E-state index in [9.17, 15) is 0 Å². The lowest BCUT2D eigenvalue weighted by molar-refractivity contribution is -0.00000411. The number of allylic oxidation sites excluding steroid dienone is 2. The highest BCUT2D eigenvalue weighted by atomic mass is 79.9. The SMILES string of the molecule is C=CC[P+](CC(=C)C)(c1ccccc1)c1ccccc1.[Br-]. The molecule has 0 N–H and O–H groups in total. The van der Waals surface area contributed by atoms with Crippen molar-refractivity contribution in [2.75, 3.05) is 12.3 Å². The maximum absolute atomic E-state index is 4.17. The van der Waals surface area contributed by atoms with Crippen LogP contribution in [0.15, 0.2) is 85.5 Å². The topological polar surface area (TPSA) is 0 Å². The Balaban J connectivity index is 0.00000220. The van der Waals surface area contributed by atoms with Crippen molar-refractivity contribution in [3.8, 4) is 0 Å². The third-order valence-electron chi connectivity index (χ3n) is 3.48. The predicted molar refractivity (Wildman–Crippen MR) is 93.8 cm³/mol. The van der Waals surface area contributed by atoms with Crippen LogP contribution >= 0.6 is 7.26 Å². The molecule has 2 aromatic rings. The van der Waals surface area contributed by atoms with Crippen molar-refractivity contribution in [3.05, 3.63) is 85.5 Å². The van der Waals surface area contributed by atoms with Crippen molar-refractivity contribution in [2.45, 2.75) is 6.92 Å². The first kappa shape index (κ1) is 17.9. The summed E-state index contributed by atoms with van der Waals surface area (Å²) < 4.78 is 0. The third kappa shape index (κ3) is 4.15. The second-order valence-corrected chi connectivity index (χ2v) is 8.88. The Kier molecular flexibility index (Phi) is 7.08. The molecule has 0 heterocycles. The Bertz CT molecular complexity index is 536. The van der Waals surface area contributed by atoms with Crippen LogP contribution in [0.2, 0.25) is 0 Å². The van der Waals surface area contributed by atoms with Gasteiger partial charge in [-0.25, -0.2) is 0 Å². The molecule has 2 heteroatoms. The zero-order valence-electron chi connectivity index (χ0n) is 12.5. The number of halogens is 1. The summed E-state index contributed by atoms with van der Waals surface area (Å²) in [6.45, 7) is 10.3. The van der Waals surface area contributed by atoms with Crippen molar-refractivity contribution in [2.24, 2.45) is 0 Å². The summed E-state index contributed by atoms with van der Waals surface area (Å²) in [5.41, 5.74) is 1.24. The maximum atomic E-state index is 4.17. The third-order valence-corrected chi connectivity index (χ3v) is 8.02. The van der Waals surface area contributed by atoms with Gasteiger partial charge in [0.25, 0.3) is 0 Å². The van der Waals surface area contributed by atoms with E-state index in [2.05, 4.69) is 86.8 Å². The second-order valence-electron chi connectivity index (χ2n) is 5.23. The van der Waals surface area contributed by atoms with Crippen LogP contribution in [0.4, 0.5) is 0 Å². The van der Waals surface area contributed by atoms with E-state index in [0.717, 1.165) is 12.3 Å². The van der Waals surface area contributed by atoms with Gasteiger partial charge >= 0.3 is 0 Å². The molecular weight excluding hydrogens is 339 g/mol. The van der Waals surface area contributed by atoms with Crippen LogP contribution in [0.1, 0.15) is 6.92 Å². The summed E-state index contributed by atoms with van der Waals surface area (Å²) in [5.74, 6) is 0. The smallest absolute Gasteiger partial charge is 0.0998 e. The number of benzene rings is 2. The summed E-state index contributed by atoms with van der Waals surface area (Å²) in [5, 5.41) is 2.88. The van der Waals surface area contributed by atoms with Gasteiger partial charge in [-0.1, -0.05) is 55.6 Å². The van der Waals surface area contributed by atoms with Crippen molar-refractivity contribution < 1.29 is 17.0 Å². The molecule has 0 aliphatic heterocycles. The van der Waals surface area contributed by atoms with E-state index < -0.39 is 7.26 Å². The minimum Gasteiger partial charge on any atom is -1.00 e. The molecule has 0 aromatic heterocycles. The van der Waals surface area contributed by atoms with Crippen molar-refractivity contribution in [1.29, 1.82) is 0 Å². The summed E-state index contributed by atoms with van der Waals surface area (Å²) in [6.07, 6.45) is 4.14. The first-order valence-corrected chi connectivity index (χ1v) is 9.08. The van der Waals surface area contributed by atoms with Crippen LogP contribution in [0.5, 0.6) is 0 Å². The highest BCUT2D eigenvalue weighted by molar-refractivity contribution is 7.89. The molecule has 2 aromatic carbocycles. The lowest BCUT2D eigenvalue weighted by atomic mass is 10.4. The van der Waals surface area contributed by atoms with E-state index in [1.165, 1.54) is 16.2 Å². The van der Waals surface area contributed by atoms with E-state index in [4.69, 9.17) is 0 Å². The Morgan fingerprint density at radius 1 is 0.952 bits per heavy atom. The number of rotatable bonds is 6.